The van der Waals surface area contributed by atoms with Crippen molar-refractivity contribution >= 4 is 45.5 Å². The number of rotatable bonds is 1. The predicted molar refractivity (Wildman–Crippen MR) is 542 cm³/mol. The highest BCUT2D eigenvalue weighted by molar-refractivity contribution is 5.71. The monoisotopic (exact) mass is 1670 g/mol. The van der Waals surface area contributed by atoms with Gasteiger partial charge in [-0.3, -0.25) is 0 Å². The van der Waals surface area contributed by atoms with Gasteiger partial charge >= 0.3 is 0 Å². The van der Waals surface area contributed by atoms with Crippen molar-refractivity contribution in [3.8, 4) is 0 Å². The second-order valence-corrected chi connectivity index (χ2v) is 48.4. The van der Waals surface area contributed by atoms with E-state index >= 15 is 0 Å². The quantitative estimate of drug-likeness (QED) is 0.160. The van der Waals surface area contributed by atoms with E-state index in [2.05, 4.69) is 434 Å². The topological polar surface area (TPSA) is 25.9 Å². The molecule has 0 saturated heterocycles. The number of nitrogens with zero attached hydrogens (tertiary/aromatic N) is 8. The van der Waals surface area contributed by atoms with Crippen LogP contribution in [0.2, 0.25) is 0 Å². The standard InChI is InChI=1S/C17H25N.C16H23N.C15H21N.C14H19N.2C14H21N.2C13H19N/c1-16(2,3)18-13-17(11-7-4-8-12-17)14-9-5-6-10-15(14)18;1-15(2,3)17-12-16(10-6-7-11-16)13-8-4-5-9-14(13)17;1-14(2,3)16-11-15(9-6-10-15)12-7-4-5-8-13(12)16;1-13(2,3)15-10-14(8-9-14)11-6-4-5-7-12(11)15;1-13(2,3)15-10-14(4,5)11-8-6-7-9-12(11)15;1-5-11-10-15(14(2,3)4)13-9-7-6-8-12(11)13;1-10-9-14(13(2,3)4)12-8-6-5-7-11(10)12;1-10-9-11-7-5-6-8-12(11)14(10)13(2,3)4/h5-6,9-10H,4,7-8,11-13H2,1-3H3;4-5,8-9H,6-7,10-12H2,1-3H3;4-5,7-8H,6,9-11H2,1-3H3;4-7H,8-10H2,1-3H3;6-9H,10H2,1-5H3;6-9,11H,5,10H2,1-4H3;2*5-8,10H,9H2,1-4H3. The van der Waals surface area contributed by atoms with Gasteiger partial charge in [0.2, 0.25) is 0 Å². The van der Waals surface area contributed by atoms with E-state index in [0.29, 0.717) is 33.6 Å². The van der Waals surface area contributed by atoms with Gasteiger partial charge in [-0.05, 0) is 330 Å². The van der Waals surface area contributed by atoms with Crippen LogP contribution < -0.4 is 39.2 Å². The summed E-state index contributed by atoms with van der Waals surface area (Å²) in [7, 11) is 0. The molecule has 0 radical (unpaired) electrons. The maximum absolute atomic E-state index is 2.63. The van der Waals surface area contributed by atoms with Gasteiger partial charge < -0.3 is 39.2 Å². The molecule has 4 fully saturated rings. The summed E-state index contributed by atoms with van der Waals surface area (Å²) in [5.41, 5.74) is 28.2. The molecule has 4 spiro atoms. The van der Waals surface area contributed by atoms with Crippen LogP contribution in [-0.2, 0) is 33.5 Å². The molecule has 124 heavy (non-hydrogen) atoms. The fourth-order valence-corrected chi connectivity index (χ4v) is 23.4. The van der Waals surface area contributed by atoms with Gasteiger partial charge in [0.05, 0.1) is 0 Å². The summed E-state index contributed by atoms with van der Waals surface area (Å²) in [5.74, 6) is 1.39. The second kappa shape index (κ2) is 35.3. The van der Waals surface area contributed by atoms with Crippen LogP contribution in [0.1, 0.15) is 353 Å². The Labute approximate surface area is 757 Å². The van der Waals surface area contributed by atoms with E-state index in [1.165, 1.54) is 203 Å². The first-order chi connectivity index (χ1) is 58.0. The van der Waals surface area contributed by atoms with Crippen molar-refractivity contribution in [1.29, 1.82) is 0 Å². The number of hydrogen-bond donors (Lipinski definition) is 0. The van der Waals surface area contributed by atoms with Gasteiger partial charge in [0, 0.05) is 181 Å². The van der Waals surface area contributed by atoms with Gasteiger partial charge in [0.1, 0.15) is 0 Å². The Morgan fingerprint density at radius 2 is 0.540 bits per heavy atom. The van der Waals surface area contributed by atoms with E-state index < -0.39 is 0 Å². The fraction of sp³-hybridized carbons (Fsp3) is 0.586. The van der Waals surface area contributed by atoms with E-state index in [9.17, 15) is 0 Å². The van der Waals surface area contributed by atoms with Crippen LogP contribution in [0.25, 0.3) is 0 Å². The van der Waals surface area contributed by atoms with Gasteiger partial charge in [-0.2, -0.15) is 0 Å². The molecule has 0 bridgehead atoms. The Morgan fingerprint density at radius 1 is 0.266 bits per heavy atom. The van der Waals surface area contributed by atoms with Crippen molar-refractivity contribution in [3.05, 3.63) is 239 Å². The maximum atomic E-state index is 2.63. The molecule has 3 unspecified atom stereocenters. The summed E-state index contributed by atoms with van der Waals surface area (Å²) < 4.78 is 0. The van der Waals surface area contributed by atoms with Crippen LogP contribution in [0.4, 0.5) is 45.5 Å². The Kier molecular flexibility index (Phi) is 26.7. The molecule has 0 aromatic heterocycles. The summed E-state index contributed by atoms with van der Waals surface area (Å²) in [6, 6.07) is 72.0. The van der Waals surface area contributed by atoms with Gasteiger partial charge in [-0.15, -0.1) is 0 Å². The molecule has 20 rings (SSSR count). The van der Waals surface area contributed by atoms with Crippen molar-refractivity contribution in [2.45, 2.75) is 393 Å². The lowest BCUT2D eigenvalue weighted by Gasteiger charge is -2.42. The summed E-state index contributed by atoms with van der Waals surface area (Å²) in [4.78, 5) is 20.5. The van der Waals surface area contributed by atoms with Crippen LogP contribution >= 0.6 is 0 Å². The molecule has 4 saturated carbocycles. The zero-order valence-corrected chi connectivity index (χ0v) is 83.5. The molecule has 672 valence electrons. The van der Waals surface area contributed by atoms with Crippen LogP contribution in [0.3, 0.4) is 0 Å². The molecule has 4 aliphatic carbocycles. The van der Waals surface area contributed by atoms with Gasteiger partial charge in [0.15, 0.2) is 0 Å². The predicted octanol–water partition coefficient (Wildman–Crippen LogP) is 29.7. The first-order valence-electron chi connectivity index (χ1n) is 48.9. The first-order valence-corrected chi connectivity index (χ1v) is 48.9. The third-order valence-electron chi connectivity index (χ3n) is 30.3. The molecular weight excluding hydrogens is 1510 g/mol. The first kappa shape index (κ1) is 93.8. The van der Waals surface area contributed by atoms with E-state index in [-0.39, 0.29) is 49.7 Å². The van der Waals surface area contributed by atoms with Crippen molar-refractivity contribution in [1.82, 2.24) is 0 Å². The lowest BCUT2D eigenvalue weighted by Crippen LogP contribution is -2.46. The minimum atomic E-state index is 0.212. The SMILES string of the molecule is CC(C)(C)N1CC2(CC2)c2ccccc21.CC(C)(C)N1CC2(CCC2)c2ccccc21.CC(C)(C)N1CC2(CCCC2)c2ccccc21.CC(C)(C)N1CC2(CCCCC2)c2ccccc21.CC1(C)CN(C(C)(C)C)c2ccccc21.CC1CN(C(C)(C)C)c2ccccc21.CC1Cc2ccccc2N1C(C)(C)C.CCC1CN(C(C)(C)C)c2ccccc21. The van der Waals surface area contributed by atoms with Crippen LogP contribution in [0.15, 0.2) is 194 Å². The molecular formula is C116H168N8. The zero-order chi connectivity index (χ0) is 90.0. The van der Waals surface area contributed by atoms with E-state index in [1.54, 1.807) is 22.3 Å². The molecule has 12 aliphatic rings. The molecule has 8 heterocycles. The van der Waals surface area contributed by atoms with Crippen LogP contribution in [0.5, 0.6) is 0 Å². The maximum Gasteiger partial charge on any atom is 0.0409 e. The second-order valence-electron chi connectivity index (χ2n) is 48.4. The molecule has 0 amide bonds. The summed E-state index contributed by atoms with van der Waals surface area (Å²) in [6.45, 7) is 75.3. The smallest absolute Gasteiger partial charge is 0.0409 e. The van der Waals surface area contributed by atoms with Crippen molar-refractivity contribution in [3.63, 3.8) is 0 Å². The van der Waals surface area contributed by atoms with Crippen LogP contribution in [0, 0.1) is 0 Å². The van der Waals surface area contributed by atoms with Gasteiger partial charge in [-0.25, -0.2) is 0 Å². The number of para-hydroxylation sites is 8. The third-order valence-corrected chi connectivity index (χ3v) is 30.3. The Hall–Kier alpha value is -7.84. The molecule has 8 aromatic rings. The lowest BCUT2D eigenvalue weighted by atomic mass is 9.66. The average Bonchev–Trinajstić information content (AvgIpc) is 2.47. The molecule has 3 atom stereocenters. The average molecular weight is 1670 g/mol. The molecule has 0 N–H and O–H groups in total. The molecule has 8 nitrogen and oxygen atoms in total. The van der Waals surface area contributed by atoms with E-state index in [0.717, 1.165) is 19.0 Å². The third kappa shape index (κ3) is 19.6. The number of anilines is 8. The molecule has 8 aromatic carbocycles. The molecule has 8 aliphatic heterocycles. The minimum Gasteiger partial charge on any atom is -0.366 e. The summed E-state index contributed by atoms with van der Waals surface area (Å²) in [6.07, 6.45) is 22.0. The van der Waals surface area contributed by atoms with Crippen molar-refractivity contribution in [2.24, 2.45) is 0 Å². The number of benzene rings is 8. The zero-order valence-electron chi connectivity index (χ0n) is 83.5. The highest BCUT2D eigenvalue weighted by atomic mass is 15.3. The number of fused-ring (bicyclic) bond motifs is 12. The molecule has 8 heteroatoms. The minimum absolute atomic E-state index is 0.212. The Morgan fingerprint density at radius 3 is 0.879 bits per heavy atom. The van der Waals surface area contributed by atoms with Gasteiger partial charge in [0.25, 0.3) is 0 Å². The van der Waals surface area contributed by atoms with E-state index in [1.807, 2.05) is 0 Å². The Balaban J connectivity index is 0.000000122. The highest BCUT2D eigenvalue weighted by Gasteiger charge is 2.54. The summed E-state index contributed by atoms with van der Waals surface area (Å²) >= 11 is 0. The van der Waals surface area contributed by atoms with E-state index in [4.69, 9.17) is 0 Å². The highest BCUT2D eigenvalue weighted by Crippen LogP contribution is 2.59. The van der Waals surface area contributed by atoms with Crippen molar-refractivity contribution in [2.75, 3.05) is 85.0 Å². The lowest BCUT2D eigenvalue weighted by molar-refractivity contribution is 0.254. The van der Waals surface area contributed by atoms with Gasteiger partial charge in [-0.1, -0.05) is 212 Å². The normalized spacial score (nSPS) is 21.3. The fourth-order valence-electron chi connectivity index (χ4n) is 23.4. The largest absolute Gasteiger partial charge is 0.366 e. The Bertz CT molecular complexity index is 4830. The van der Waals surface area contributed by atoms with Crippen molar-refractivity contribution < 1.29 is 0 Å². The number of hydrogen-bond acceptors (Lipinski definition) is 8. The summed E-state index contributed by atoms with van der Waals surface area (Å²) in [5, 5.41) is 0. The van der Waals surface area contributed by atoms with Crippen LogP contribution in [-0.4, -0.2) is 96.2 Å².